The molecule has 8 heteroatoms. The molecule has 1 unspecified atom stereocenters. The van der Waals surface area contributed by atoms with Crippen LogP contribution in [0.25, 0.3) is 0 Å². The van der Waals surface area contributed by atoms with E-state index in [1.165, 1.54) is 12.1 Å². The number of likely N-dealkylation sites (tertiary alicyclic amines) is 1. The van der Waals surface area contributed by atoms with E-state index in [9.17, 15) is 9.18 Å². The van der Waals surface area contributed by atoms with Crippen molar-refractivity contribution in [2.24, 2.45) is 0 Å². The summed E-state index contributed by atoms with van der Waals surface area (Å²) in [6.07, 6.45) is 2.42. The molecule has 0 N–H and O–H groups in total. The number of methoxy groups -OCH3 is 1. The number of hydrogen-bond donors (Lipinski definition) is 0. The van der Waals surface area contributed by atoms with Crippen molar-refractivity contribution in [1.29, 1.82) is 0 Å². The third-order valence-corrected chi connectivity index (χ3v) is 5.24. The lowest BCUT2D eigenvalue weighted by molar-refractivity contribution is -0.131. The predicted octanol–water partition coefficient (Wildman–Crippen LogP) is 3.75. The fourth-order valence-electron chi connectivity index (χ4n) is 3.68. The van der Waals surface area contributed by atoms with Crippen molar-refractivity contribution in [3.63, 3.8) is 0 Å². The van der Waals surface area contributed by atoms with Crippen LogP contribution in [0.1, 0.15) is 36.2 Å². The molecule has 0 radical (unpaired) electrons. The number of amides is 1. The van der Waals surface area contributed by atoms with Gasteiger partial charge in [-0.15, -0.1) is 0 Å². The summed E-state index contributed by atoms with van der Waals surface area (Å²) in [4.78, 5) is 19.2. The number of ether oxygens (including phenoxy) is 2. The van der Waals surface area contributed by atoms with Gasteiger partial charge in [0.2, 0.25) is 11.8 Å². The largest absolute Gasteiger partial charge is 0.497 e. The number of halogens is 1. The Morgan fingerprint density at radius 1 is 1.23 bits per heavy atom. The van der Waals surface area contributed by atoms with Crippen molar-refractivity contribution in [3.05, 3.63) is 71.6 Å². The van der Waals surface area contributed by atoms with Gasteiger partial charge in [0.05, 0.1) is 20.1 Å². The molecular weight excluding hydrogens is 401 g/mol. The molecule has 3 aromatic rings. The van der Waals surface area contributed by atoms with Gasteiger partial charge < -0.3 is 18.9 Å². The Labute approximate surface area is 179 Å². The van der Waals surface area contributed by atoms with Gasteiger partial charge in [0.25, 0.3) is 0 Å². The molecule has 1 amide bonds. The lowest BCUT2D eigenvalue weighted by Crippen LogP contribution is -2.32. The molecule has 0 bridgehead atoms. The van der Waals surface area contributed by atoms with Crippen LogP contribution in [0.4, 0.5) is 4.39 Å². The third kappa shape index (κ3) is 5.20. The maximum absolute atomic E-state index is 12.9. The second-order valence-electron chi connectivity index (χ2n) is 7.37. The second kappa shape index (κ2) is 9.59. The van der Waals surface area contributed by atoms with Crippen molar-refractivity contribution in [1.82, 2.24) is 15.0 Å². The van der Waals surface area contributed by atoms with E-state index in [2.05, 4.69) is 10.1 Å². The quantitative estimate of drug-likeness (QED) is 0.547. The summed E-state index contributed by atoms with van der Waals surface area (Å²) in [6, 6.07) is 13.1. The smallest absolute Gasteiger partial charge is 0.249 e. The molecule has 1 fully saturated rings. The fourth-order valence-corrected chi connectivity index (χ4v) is 3.68. The summed E-state index contributed by atoms with van der Waals surface area (Å²) < 4.78 is 29.2. The number of carbonyl (C=O) groups is 1. The number of aromatic nitrogens is 2. The number of benzene rings is 2. The molecular formula is C23H24FN3O4. The predicted molar refractivity (Wildman–Crippen MR) is 110 cm³/mol. The Kier molecular flexibility index (Phi) is 6.45. The first-order valence-corrected chi connectivity index (χ1v) is 10.3. The summed E-state index contributed by atoms with van der Waals surface area (Å²) in [5.74, 6) is 1.99. The van der Waals surface area contributed by atoms with Crippen LogP contribution in [-0.2, 0) is 17.6 Å². The Morgan fingerprint density at radius 2 is 2.06 bits per heavy atom. The summed E-state index contributed by atoms with van der Waals surface area (Å²) in [5.41, 5.74) is 0.902. The van der Waals surface area contributed by atoms with Crippen LogP contribution in [0.2, 0.25) is 0 Å². The fraction of sp³-hybridized carbons (Fsp3) is 0.348. The Morgan fingerprint density at radius 3 is 2.87 bits per heavy atom. The minimum Gasteiger partial charge on any atom is -0.497 e. The first-order valence-electron chi connectivity index (χ1n) is 10.3. The van der Waals surface area contributed by atoms with Crippen LogP contribution in [0.5, 0.6) is 11.5 Å². The molecule has 0 spiro atoms. The minimum atomic E-state index is -0.308. The van der Waals surface area contributed by atoms with Crippen molar-refractivity contribution in [2.45, 2.75) is 31.7 Å². The highest BCUT2D eigenvalue weighted by molar-refractivity contribution is 5.79. The zero-order chi connectivity index (χ0) is 21.6. The number of hydrogen-bond acceptors (Lipinski definition) is 6. The Balaban J connectivity index is 1.34. The van der Waals surface area contributed by atoms with Gasteiger partial charge in [-0.2, -0.15) is 4.98 Å². The normalized spacial score (nSPS) is 15.8. The summed E-state index contributed by atoms with van der Waals surface area (Å²) >= 11 is 0. The topological polar surface area (TPSA) is 77.7 Å². The highest BCUT2D eigenvalue weighted by Gasteiger charge is 2.33. The van der Waals surface area contributed by atoms with Gasteiger partial charge in [-0.3, -0.25) is 4.79 Å². The van der Waals surface area contributed by atoms with Crippen LogP contribution < -0.4 is 9.47 Å². The van der Waals surface area contributed by atoms with Crippen molar-refractivity contribution in [3.8, 4) is 11.5 Å². The summed E-state index contributed by atoms with van der Waals surface area (Å²) in [7, 11) is 1.61. The standard InChI is InChI=1S/C23H24FN3O4/c1-29-19-5-2-4-16(14-19)15-22(28)27-12-3-6-20(27)23-25-21(26-31-23)11-13-30-18-9-7-17(24)8-10-18/h2,4-5,7-10,14,20H,3,6,11-13,15H2,1H3. The van der Waals surface area contributed by atoms with Crippen LogP contribution in [0.15, 0.2) is 53.1 Å². The van der Waals surface area contributed by atoms with Gasteiger partial charge >= 0.3 is 0 Å². The van der Waals surface area contributed by atoms with Crippen molar-refractivity contribution < 1.29 is 23.2 Å². The van der Waals surface area contributed by atoms with Gasteiger partial charge in [0, 0.05) is 13.0 Å². The van der Waals surface area contributed by atoms with Gasteiger partial charge in [-0.25, -0.2) is 4.39 Å². The lowest BCUT2D eigenvalue weighted by Gasteiger charge is -2.22. The molecule has 2 heterocycles. The van der Waals surface area contributed by atoms with Gasteiger partial charge in [0.15, 0.2) is 5.82 Å². The maximum Gasteiger partial charge on any atom is 0.249 e. The van der Waals surface area contributed by atoms with Crippen LogP contribution >= 0.6 is 0 Å². The maximum atomic E-state index is 12.9. The van der Waals surface area contributed by atoms with Crippen molar-refractivity contribution in [2.75, 3.05) is 20.3 Å². The summed E-state index contributed by atoms with van der Waals surface area (Å²) in [6.45, 7) is 1.01. The molecule has 0 saturated carbocycles. The van der Waals surface area contributed by atoms with E-state index in [0.29, 0.717) is 43.5 Å². The van der Waals surface area contributed by atoms with Gasteiger partial charge in [-0.1, -0.05) is 17.3 Å². The Hall–Kier alpha value is -3.42. The molecule has 162 valence electrons. The van der Waals surface area contributed by atoms with E-state index < -0.39 is 0 Å². The average molecular weight is 425 g/mol. The molecule has 2 aromatic carbocycles. The van der Waals surface area contributed by atoms with Crippen LogP contribution in [0.3, 0.4) is 0 Å². The highest BCUT2D eigenvalue weighted by atomic mass is 19.1. The molecule has 1 atom stereocenters. The van der Waals surface area contributed by atoms with E-state index >= 15 is 0 Å². The molecule has 7 nitrogen and oxygen atoms in total. The molecule has 1 aromatic heterocycles. The summed E-state index contributed by atoms with van der Waals surface area (Å²) in [5, 5.41) is 4.03. The van der Waals surface area contributed by atoms with E-state index in [4.69, 9.17) is 14.0 Å². The van der Waals surface area contributed by atoms with Crippen LogP contribution in [-0.4, -0.2) is 41.2 Å². The SMILES string of the molecule is COc1cccc(CC(=O)N2CCCC2c2nc(CCOc3ccc(F)cc3)no2)c1. The zero-order valence-corrected chi connectivity index (χ0v) is 17.3. The molecule has 31 heavy (non-hydrogen) atoms. The highest BCUT2D eigenvalue weighted by Crippen LogP contribution is 2.31. The molecule has 1 aliphatic heterocycles. The number of carbonyl (C=O) groups excluding carboxylic acids is 1. The monoisotopic (exact) mass is 425 g/mol. The van der Waals surface area contributed by atoms with E-state index in [1.807, 2.05) is 29.2 Å². The Bertz CT molecular complexity index is 1020. The molecule has 0 aliphatic carbocycles. The first-order chi connectivity index (χ1) is 15.1. The second-order valence-corrected chi connectivity index (χ2v) is 7.37. The zero-order valence-electron chi connectivity index (χ0n) is 17.3. The van der Waals surface area contributed by atoms with E-state index in [-0.39, 0.29) is 17.8 Å². The van der Waals surface area contributed by atoms with E-state index in [0.717, 1.165) is 24.2 Å². The molecule has 1 saturated heterocycles. The third-order valence-electron chi connectivity index (χ3n) is 5.24. The van der Waals surface area contributed by atoms with Crippen molar-refractivity contribution >= 4 is 5.91 Å². The van der Waals surface area contributed by atoms with E-state index in [1.54, 1.807) is 19.2 Å². The molecule has 1 aliphatic rings. The first kappa shape index (κ1) is 20.8. The molecule has 4 rings (SSSR count). The van der Waals surface area contributed by atoms with Crippen LogP contribution in [0, 0.1) is 5.82 Å². The van der Waals surface area contributed by atoms with Gasteiger partial charge in [-0.05, 0) is 54.8 Å². The number of rotatable bonds is 8. The number of nitrogens with zero attached hydrogens (tertiary/aromatic N) is 3. The minimum absolute atomic E-state index is 0.0233. The average Bonchev–Trinajstić information content (AvgIpc) is 3.45. The lowest BCUT2D eigenvalue weighted by atomic mass is 10.1. The van der Waals surface area contributed by atoms with Gasteiger partial charge in [0.1, 0.15) is 23.4 Å².